The van der Waals surface area contributed by atoms with Gasteiger partial charge in [-0.05, 0) is 25.9 Å². The molecule has 1 heterocycles. The molecule has 0 radical (unpaired) electrons. The molecule has 1 fully saturated rings. The van der Waals surface area contributed by atoms with Crippen LogP contribution < -0.4 is 10.6 Å². The molecule has 1 rings (SSSR count). The van der Waals surface area contributed by atoms with Crippen molar-refractivity contribution >= 4 is 0 Å². The van der Waals surface area contributed by atoms with Crippen LogP contribution in [0.3, 0.4) is 0 Å². The molecule has 0 atom stereocenters. The molecule has 2 N–H and O–H groups in total. The maximum Gasteiger partial charge on any atom is 0.00767 e. The van der Waals surface area contributed by atoms with E-state index < -0.39 is 0 Å². The quantitative estimate of drug-likeness (QED) is 0.601. The van der Waals surface area contributed by atoms with Gasteiger partial charge in [-0.15, -0.1) is 0 Å². The summed E-state index contributed by atoms with van der Waals surface area (Å²) < 4.78 is 0. The summed E-state index contributed by atoms with van der Waals surface area (Å²) >= 11 is 0. The molecule has 2 nitrogen and oxygen atoms in total. The first-order valence-electron chi connectivity index (χ1n) is 5.91. The molecule has 78 valence electrons. The summed E-state index contributed by atoms with van der Waals surface area (Å²) in [5.74, 6) is 0. The van der Waals surface area contributed by atoms with E-state index in [0.717, 1.165) is 13.1 Å². The smallest absolute Gasteiger partial charge is 0.00767 e. The van der Waals surface area contributed by atoms with Crippen molar-refractivity contribution in [3.63, 3.8) is 0 Å². The molecule has 0 aromatic rings. The molecule has 1 saturated heterocycles. The van der Waals surface area contributed by atoms with Crippen molar-refractivity contribution in [3.05, 3.63) is 0 Å². The summed E-state index contributed by atoms with van der Waals surface area (Å²) in [7, 11) is 0. The van der Waals surface area contributed by atoms with Crippen molar-refractivity contribution in [1.82, 2.24) is 10.6 Å². The van der Waals surface area contributed by atoms with Gasteiger partial charge in [-0.25, -0.2) is 0 Å². The molecule has 13 heavy (non-hydrogen) atoms. The second-order valence-corrected chi connectivity index (χ2v) is 3.97. The third-order valence-electron chi connectivity index (χ3n) is 2.69. The average molecular weight is 184 g/mol. The SMILES string of the molecule is C1CCCCNCCNCCCC1. The van der Waals surface area contributed by atoms with Crippen molar-refractivity contribution in [3.8, 4) is 0 Å². The van der Waals surface area contributed by atoms with E-state index in [0.29, 0.717) is 0 Å². The Balaban J connectivity index is 2.01. The molecule has 0 aliphatic carbocycles. The van der Waals surface area contributed by atoms with E-state index >= 15 is 0 Å². The zero-order valence-corrected chi connectivity index (χ0v) is 8.78. The van der Waals surface area contributed by atoms with Gasteiger partial charge in [0.05, 0.1) is 0 Å². The summed E-state index contributed by atoms with van der Waals surface area (Å²) in [6, 6.07) is 0. The van der Waals surface area contributed by atoms with Gasteiger partial charge in [-0.2, -0.15) is 0 Å². The normalized spacial score (nSPS) is 24.0. The van der Waals surface area contributed by atoms with Gasteiger partial charge in [-0.3, -0.25) is 0 Å². The Labute approximate surface area is 82.5 Å². The van der Waals surface area contributed by atoms with E-state index in [2.05, 4.69) is 10.6 Å². The van der Waals surface area contributed by atoms with Crippen LogP contribution in [0.1, 0.15) is 44.9 Å². The molecule has 0 aromatic heterocycles. The van der Waals surface area contributed by atoms with Gasteiger partial charge < -0.3 is 10.6 Å². The lowest BCUT2D eigenvalue weighted by Crippen LogP contribution is -2.28. The molecule has 0 amide bonds. The Hall–Kier alpha value is -0.0800. The van der Waals surface area contributed by atoms with Crippen molar-refractivity contribution < 1.29 is 0 Å². The number of hydrogen-bond acceptors (Lipinski definition) is 2. The molecule has 1 aliphatic rings. The highest BCUT2D eigenvalue weighted by molar-refractivity contribution is 4.55. The molecule has 0 unspecified atom stereocenters. The van der Waals surface area contributed by atoms with Crippen LogP contribution in [0.4, 0.5) is 0 Å². The van der Waals surface area contributed by atoms with E-state index in [4.69, 9.17) is 0 Å². The molecule has 0 spiro atoms. The largest absolute Gasteiger partial charge is 0.315 e. The minimum Gasteiger partial charge on any atom is -0.315 e. The second-order valence-electron chi connectivity index (χ2n) is 3.97. The fraction of sp³-hybridized carbons (Fsp3) is 1.00. The Morgan fingerprint density at radius 1 is 0.385 bits per heavy atom. The Kier molecular flexibility index (Phi) is 7.20. The van der Waals surface area contributed by atoms with E-state index in [9.17, 15) is 0 Å². The molecule has 2 heteroatoms. The maximum atomic E-state index is 3.46. The number of hydrogen-bond donors (Lipinski definition) is 2. The zero-order valence-electron chi connectivity index (χ0n) is 8.78. The second kappa shape index (κ2) is 8.52. The fourth-order valence-electron chi connectivity index (χ4n) is 1.81. The first-order valence-corrected chi connectivity index (χ1v) is 5.91. The molecule has 0 saturated carbocycles. The van der Waals surface area contributed by atoms with E-state index in [-0.39, 0.29) is 0 Å². The van der Waals surface area contributed by atoms with Gasteiger partial charge in [0.25, 0.3) is 0 Å². The van der Waals surface area contributed by atoms with Gasteiger partial charge >= 0.3 is 0 Å². The predicted molar refractivity (Wildman–Crippen MR) is 58.1 cm³/mol. The summed E-state index contributed by atoms with van der Waals surface area (Å²) in [4.78, 5) is 0. The first-order chi connectivity index (χ1) is 6.50. The van der Waals surface area contributed by atoms with Crippen LogP contribution in [-0.2, 0) is 0 Å². The molecular weight excluding hydrogens is 160 g/mol. The Bertz CT molecular complexity index is 56.2. The van der Waals surface area contributed by atoms with Crippen molar-refractivity contribution in [1.29, 1.82) is 0 Å². The standard InChI is InChI=1S/C11H24N2/c1-2-4-6-8-12-10-11-13-9-7-5-3-1/h12-13H,1-11H2. The predicted octanol–water partition coefficient (Wildman–Crippen LogP) is 1.91. The highest BCUT2D eigenvalue weighted by atomic mass is 14.9. The lowest BCUT2D eigenvalue weighted by atomic mass is 10.1. The van der Waals surface area contributed by atoms with Crippen molar-refractivity contribution in [2.45, 2.75) is 44.9 Å². The molecule has 1 aliphatic heterocycles. The highest BCUT2D eigenvalue weighted by Gasteiger charge is 1.94. The van der Waals surface area contributed by atoms with Gasteiger partial charge in [0.15, 0.2) is 0 Å². The third kappa shape index (κ3) is 7.03. The summed E-state index contributed by atoms with van der Waals surface area (Å²) in [6.07, 6.45) is 9.88. The van der Waals surface area contributed by atoms with E-state index in [1.54, 1.807) is 0 Å². The van der Waals surface area contributed by atoms with Crippen LogP contribution in [0.2, 0.25) is 0 Å². The fourth-order valence-corrected chi connectivity index (χ4v) is 1.81. The Morgan fingerprint density at radius 3 is 1.23 bits per heavy atom. The van der Waals surface area contributed by atoms with Gasteiger partial charge in [0, 0.05) is 13.1 Å². The zero-order chi connectivity index (χ0) is 9.19. The van der Waals surface area contributed by atoms with Crippen LogP contribution in [0.5, 0.6) is 0 Å². The molecule has 0 aromatic carbocycles. The average Bonchev–Trinajstić information content (AvgIpc) is 2.18. The summed E-state index contributed by atoms with van der Waals surface area (Å²) in [6.45, 7) is 4.70. The van der Waals surface area contributed by atoms with Crippen LogP contribution in [0.15, 0.2) is 0 Å². The minimum atomic E-state index is 1.14. The summed E-state index contributed by atoms with van der Waals surface area (Å²) in [5.41, 5.74) is 0. The van der Waals surface area contributed by atoms with Crippen LogP contribution in [-0.4, -0.2) is 26.2 Å². The van der Waals surface area contributed by atoms with Crippen molar-refractivity contribution in [2.24, 2.45) is 0 Å². The maximum absolute atomic E-state index is 3.46. The van der Waals surface area contributed by atoms with E-state index in [1.165, 1.54) is 58.0 Å². The topological polar surface area (TPSA) is 24.1 Å². The minimum absolute atomic E-state index is 1.14. The van der Waals surface area contributed by atoms with Gasteiger partial charge in [0.2, 0.25) is 0 Å². The van der Waals surface area contributed by atoms with Crippen LogP contribution >= 0.6 is 0 Å². The molecular formula is C11H24N2. The monoisotopic (exact) mass is 184 g/mol. The first kappa shape index (κ1) is 11.0. The van der Waals surface area contributed by atoms with Gasteiger partial charge in [0.1, 0.15) is 0 Å². The molecule has 0 bridgehead atoms. The number of nitrogens with one attached hydrogen (secondary N) is 2. The third-order valence-corrected chi connectivity index (χ3v) is 2.69. The van der Waals surface area contributed by atoms with Crippen LogP contribution in [0, 0.1) is 0 Å². The number of rotatable bonds is 0. The van der Waals surface area contributed by atoms with E-state index in [1.807, 2.05) is 0 Å². The van der Waals surface area contributed by atoms with Crippen LogP contribution in [0.25, 0.3) is 0 Å². The summed E-state index contributed by atoms with van der Waals surface area (Å²) in [5, 5.41) is 6.92. The highest BCUT2D eigenvalue weighted by Crippen LogP contribution is 2.06. The van der Waals surface area contributed by atoms with Crippen molar-refractivity contribution in [2.75, 3.05) is 26.2 Å². The lowest BCUT2D eigenvalue weighted by Gasteiger charge is -2.04. The lowest BCUT2D eigenvalue weighted by molar-refractivity contribution is 0.571. The Morgan fingerprint density at radius 2 is 0.769 bits per heavy atom. The van der Waals surface area contributed by atoms with Gasteiger partial charge in [-0.1, -0.05) is 32.1 Å².